The molecule has 2 amide bonds. The zero-order valence-electron chi connectivity index (χ0n) is 22.8. The van der Waals surface area contributed by atoms with Crippen molar-refractivity contribution in [2.24, 2.45) is 5.92 Å². The lowest BCUT2D eigenvalue weighted by Crippen LogP contribution is -2.45. The van der Waals surface area contributed by atoms with Crippen molar-refractivity contribution >= 4 is 11.8 Å². The number of para-hydroxylation sites is 1. The fourth-order valence-electron chi connectivity index (χ4n) is 4.73. The summed E-state index contributed by atoms with van der Waals surface area (Å²) in [6.07, 6.45) is 3.42. The number of methoxy groups -OCH3 is 1. The average Bonchev–Trinajstić information content (AvgIpc) is 2.90. The van der Waals surface area contributed by atoms with Crippen LogP contribution in [0.2, 0.25) is 0 Å². The molecule has 1 atom stereocenters. The van der Waals surface area contributed by atoms with Gasteiger partial charge in [-0.05, 0) is 68.9 Å². The lowest BCUT2D eigenvalue weighted by Gasteiger charge is -2.33. The third kappa shape index (κ3) is 8.22. The van der Waals surface area contributed by atoms with E-state index in [1.165, 1.54) is 0 Å². The van der Waals surface area contributed by atoms with Crippen molar-refractivity contribution in [3.05, 3.63) is 59.7 Å². The summed E-state index contributed by atoms with van der Waals surface area (Å²) in [6.45, 7) is 9.39. The molecule has 0 bridgehead atoms. The van der Waals surface area contributed by atoms with Crippen molar-refractivity contribution in [3.63, 3.8) is 0 Å². The van der Waals surface area contributed by atoms with E-state index in [0.717, 1.165) is 25.7 Å². The lowest BCUT2D eigenvalue weighted by molar-refractivity contribution is 0.0572. The molecule has 0 saturated carbocycles. The molecular weight excluding hydrogens is 468 g/mol. The van der Waals surface area contributed by atoms with Crippen LogP contribution in [0.4, 0.5) is 0 Å². The molecule has 2 aromatic carbocycles. The van der Waals surface area contributed by atoms with Gasteiger partial charge < -0.3 is 24.0 Å². The molecule has 0 aromatic heterocycles. The summed E-state index contributed by atoms with van der Waals surface area (Å²) < 4.78 is 17.2. The van der Waals surface area contributed by atoms with Crippen LogP contribution in [0, 0.1) is 5.92 Å². The van der Waals surface area contributed by atoms with E-state index in [9.17, 15) is 9.59 Å². The number of carbonyl (C=O) groups excluding carboxylic acids is 2. The summed E-state index contributed by atoms with van der Waals surface area (Å²) in [5, 5.41) is 0. The van der Waals surface area contributed by atoms with Gasteiger partial charge in [-0.2, -0.15) is 0 Å². The largest absolute Gasteiger partial charge is 0.494 e. The number of nitrogens with zero attached hydrogens (tertiary/aromatic N) is 2. The molecule has 202 valence electrons. The molecule has 0 saturated heterocycles. The van der Waals surface area contributed by atoms with Crippen LogP contribution in [-0.4, -0.2) is 74.2 Å². The van der Waals surface area contributed by atoms with E-state index in [1.807, 2.05) is 65.3 Å². The Bertz CT molecular complexity index is 1010. The first kappa shape index (κ1) is 28.5. The minimum atomic E-state index is -0.128. The number of amides is 2. The summed E-state index contributed by atoms with van der Waals surface area (Å²) in [7, 11) is 1.65. The minimum absolute atomic E-state index is 0.0169. The maximum absolute atomic E-state index is 13.8. The molecule has 0 spiro atoms. The number of ether oxygens (including phenoxy) is 3. The highest BCUT2D eigenvalue weighted by Gasteiger charge is 2.28. The normalized spacial score (nSPS) is 17.3. The Morgan fingerprint density at radius 1 is 1.08 bits per heavy atom. The van der Waals surface area contributed by atoms with Crippen molar-refractivity contribution in [1.82, 2.24) is 9.80 Å². The molecule has 0 fully saturated rings. The Kier molecular flexibility index (Phi) is 11.3. The van der Waals surface area contributed by atoms with Crippen molar-refractivity contribution < 1.29 is 23.8 Å². The Labute approximate surface area is 221 Å². The van der Waals surface area contributed by atoms with Crippen LogP contribution in [0.1, 0.15) is 67.2 Å². The summed E-state index contributed by atoms with van der Waals surface area (Å²) in [4.78, 5) is 31.1. The van der Waals surface area contributed by atoms with E-state index in [0.29, 0.717) is 68.0 Å². The molecule has 3 rings (SSSR count). The smallest absolute Gasteiger partial charge is 0.257 e. The quantitative estimate of drug-likeness (QED) is 0.483. The van der Waals surface area contributed by atoms with Gasteiger partial charge in [-0.1, -0.05) is 32.0 Å². The zero-order chi connectivity index (χ0) is 26.6. The number of hydrogen-bond donors (Lipinski definition) is 0. The van der Waals surface area contributed by atoms with Gasteiger partial charge in [-0.15, -0.1) is 0 Å². The first-order valence-electron chi connectivity index (χ1n) is 13.5. The number of hydrogen-bond acceptors (Lipinski definition) is 5. The molecule has 0 aliphatic carbocycles. The first-order valence-corrected chi connectivity index (χ1v) is 13.5. The Morgan fingerprint density at radius 2 is 1.86 bits per heavy atom. The van der Waals surface area contributed by atoms with Gasteiger partial charge in [-0.25, -0.2) is 0 Å². The monoisotopic (exact) mass is 510 g/mol. The van der Waals surface area contributed by atoms with Crippen LogP contribution >= 0.6 is 0 Å². The molecule has 37 heavy (non-hydrogen) atoms. The predicted molar refractivity (Wildman–Crippen MR) is 145 cm³/mol. The van der Waals surface area contributed by atoms with Crippen LogP contribution in [0.25, 0.3) is 0 Å². The number of benzene rings is 2. The van der Waals surface area contributed by atoms with E-state index >= 15 is 0 Å². The third-order valence-electron chi connectivity index (χ3n) is 6.57. The van der Waals surface area contributed by atoms with Gasteiger partial charge >= 0.3 is 0 Å². The van der Waals surface area contributed by atoms with Gasteiger partial charge in [-0.3, -0.25) is 9.59 Å². The van der Waals surface area contributed by atoms with Crippen LogP contribution < -0.4 is 9.47 Å². The molecule has 2 aromatic rings. The number of fused-ring (bicyclic) bond motifs is 1. The summed E-state index contributed by atoms with van der Waals surface area (Å²) in [5.41, 5.74) is 1.16. The average molecular weight is 511 g/mol. The summed E-state index contributed by atoms with van der Waals surface area (Å²) in [5.74, 6) is 1.55. The second-order valence-corrected chi connectivity index (χ2v) is 9.90. The molecule has 1 aliphatic heterocycles. The van der Waals surface area contributed by atoms with Gasteiger partial charge in [0.05, 0.1) is 24.8 Å². The van der Waals surface area contributed by atoms with Crippen molar-refractivity contribution in [2.45, 2.75) is 52.5 Å². The van der Waals surface area contributed by atoms with E-state index in [2.05, 4.69) is 13.8 Å². The fourth-order valence-corrected chi connectivity index (χ4v) is 4.73. The highest BCUT2D eigenvalue weighted by molar-refractivity contribution is 5.97. The van der Waals surface area contributed by atoms with Gasteiger partial charge in [0.1, 0.15) is 18.1 Å². The van der Waals surface area contributed by atoms with Crippen molar-refractivity contribution in [2.75, 3.05) is 46.6 Å². The van der Waals surface area contributed by atoms with Crippen LogP contribution in [0.3, 0.4) is 0 Å². The van der Waals surface area contributed by atoms with Crippen molar-refractivity contribution in [3.8, 4) is 11.5 Å². The molecule has 7 nitrogen and oxygen atoms in total. The molecule has 1 heterocycles. The summed E-state index contributed by atoms with van der Waals surface area (Å²) in [6, 6.07) is 14.7. The maximum Gasteiger partial charge on any atom is 0.257 e. The summed E-state index contributed by atoms with van der Waals surface area (Å²) >= 11 is 0. The van der Waals surface area contributed by atoms with Crippen LogP contribution in [0.5, 0.6) is 11.5 Å². The Morgan fingerprint density at radius 3 is 2.62 bits per heavy atom. The van der Waals surface area contributed by atoms with E-state index < -0.39 is 0 Å². The highest BCUT2D eigenvalue weighted by atomic mass is 16.5. The fraction of sp³-hybridized carbons (Fsp3) is 0.533. The standard InChI is InChI=1S/C30H42N2O5/c1-5-36-26-13-11-12-24(21-26)29(33)32-17-10-6-9-16-31(18-19-35-4)30(34)27-14-7-8-15-28(27)37-22-25(32)20-23(2)3/h7-8,11-15,21,23,25H,5-6,9-10,16-20,22H2,1-4H3/t25-/m0/s1. The first-order chi connectivity index (χ1) is 17.9. The molecule has 1 aliphatic rings. The van der Waals surface area contributed by atoms with Gasteiger partial charge in [0.25, 0.3) is 11.8 Å². The number of rotatable bonds is 8. The molecule has 0 radical (unpaired) electrons. The highest BCUT2D eigenvalue weighted by Crippen LogP contribution is 2.25. The van der Waals surface area contributed by atoms with E-state index in [-0.39, 0.29) is 17.9 Å². The van der Waals surface area contributed by atoms with Crippen LogP contribution in [0.15, 0.2) is 48.5 Å². The minimum Gasteiger partial charge on any atom is -0.494 e. The molecule has 7 heteroatoms. The zero-order valence-corrected chi connectivity index (χ0v) is 22.8. The second kappa shape index (κ2) is 14.6. The third-order valence-corrected chi connectivity index (χ3v) is 6.57. The van der Waals surface area contributed by atoms with E-state index in [4.69, 9.17) is 14.2 Å². The Hall–Kier alpha value is -3.06. The maximum atomic E-state index is 13.8. The lowest BCUT2D eigenvalue weighted by atomic mass is 10.0. The van der Waals surface area contributed by atoms with Gasteiger partial charge in [0, 0.05) is 32.3 Å². The SMILES string of the molecule is CCOc1cccc(C(=O)N2CCCCCN(CCOC)C(=O)c3ccccc3OC[C@@H]2CC(C)C)c1. The van der Waals surface area contributed by atoms with Crippen LogP contribution in [-0.2, 0) is 4.74 Å². The predicted octanol–water partition coefficient (Wildman–Crippen LogP) is 5.29. The molecular formula is C30H42N2O5. The van der Waals surface area contributed by atoms with E-state index in [1.54, 1.807) is 7.11 Å². The molecule has 0 unspecified atom stereocenters. The Balaban J connectivity index is 1.92. The molecule has 0 N–H and O–H groups in total. The second-order valence-electron chi connectivity index (χ2n) is 9.90. The number of carbonyl (C=O) groups is 2. The van der Waals surface area contributed by atoms with Gasteiger partial charge in [0.15, 0.2) is 0 Å². The van der Waals surface area contributed by atoms with Gasteiger partial charge in [0.2, 0.25) is 0 Å². The topological polar surface area (TPSA) is 68.3 Å². The van der Waals surface area contributed by atoms with Crippen molar-refractivity contribution in [1.29, 1.82) is 0 Å².